The highest BCUT2D eigenvalue weighted by Crippen LogP contribution is 2.20. The molecule has 4 aromatic carbocycles. The lowest BCUT2D eigenvalue weighted by Gasteiger charge is -2.11. The van der Waals surface area contributed by atoms with E-state index in [1.54, 1.807) is 0 Å². The largest absolute Gasteiger partial charge is 0.490 e. The second kappa shape index (κ2) is 11.5. The van der Waals surface area contributed by atoms with Crippen LogP contribution in [0.3, 0.4) is 0 Å². The van der Waals surface area contributed by atoms with Gasteiger partial charge in [-0.1, -0.05) is 60.7 Å². The molecule has 4 rings (SSSR count). The monoisotopic (exact) mass is 426 g/mol. The molecule has 0 saturated heterocycles. The van der Waals surface area contributed by atoms with Crippen LogP contribution in [-0.2, 0) is 13.2 Å². The van der Waals surface area contributed by atoms with Gasteiger partial charge in [-0.3, -0.25) is 0 Å². The molecule has 0 aliphatic carbocycles. The Morgan fingerprint density at radius 1 is 0.344 bits per heavy atom. The van der Waals surface area contributed by atoms with E-state index < -0.39 is 0 Å². The SMILES string of the molecule is c1ccc(COc2ccc(OCCOc3ccc(OCc4ccccc4)cc3)cc2)cc1. The van der Waals surface area contributed by atoms with Crippen molar-refractivity contribution in [2.45, 2.75) is 13.2 Å². The minimum Gasteiger partial charge on any atom is -0.490 e. The van der Waals surface area contributed by atoms with E-state index in [0.29, 0.717) is 26.4 Å². The van der Waals surface area contributed by atoms with Crippen molar-refractivity contribution >= 4 is 0 Å². The molecule has 0 atom stereocenters. The summed E-state index contributed by atoms with van der Waals surface area (Å²) in [5.41, 5.74) is 2.28. The Kier molecular flexibility index (Phi) is 7.64. The summed E-state index contributed by atoms with van der Waals surface area (Å²) in [5.74, 6) is 3.19. The second-order valence-electron chi connectivity index (χ2n) is 7.19. The molecule has 0 aliphatic heterocycles. The van der Waals surface area contributed by atoms with Crippen LogP contribution in [0.1, 0.15) is 11.1 Å². The van der Waals surface area contributed by atoms with Crippen molar-refractivity contribution in [2.75, 3.05) is 13.2 Å². The first-order valence-electron chi connectivity index (χ1n) is 10.6. The van der Waals surface area contributed by atoms with Gasteiger partial charge < -0.3 is 18.9 Å². The maximum absolute atomic E-state index is 5.79. The van der Waals surface area contributed by atoms with Crippen molar-refractivity contribution in [2.24, 2.45) is 0 Å². The first-order chi connectivity index (χ1) is 15.8. The Hall–Kier alpha value is -3.92. The average molecular weight is 427 g/mol. The topological polar surface area (TPSA) is 36.9 Å². The van der Waals surface area contributed by atoms with E-state index in [2.05, 4.69) is 0 Å². The van der Waals surface area contributed by atoms with E-state index in [1.807, 2.05) is 109 Å². The van der Waals surface area contributed by atoms with Crippen molar-refractivity contribution in [3.63, 3.8) is 0 Å². The number of hydrogen-bond acceptors (Lipinski definition) is 4. The fraction of sp³-hybridized carbons (Fsp3) is 0.143. The molecule has 0 unspecified atom stereocenters. The average Bonchev–Trinajstić information content (AvgIpc) is 2.87. The Labute approximate surface area is 189 Å². The molecule has 0 N–H and O–H groups in total. The van der Waals surface area contributed by atoms with Crippen LogP contribution in [0.4, 0.5) is 0 Å². The van der Waals surface area contributed by atoms with Gasteiger partial charge in [0.2, 0.25) is 0 Å². The number of benzene rings is 4. The van der Waals surface area contributed by atoms with Crippen LogP contribution in [0, 0.1) is 0 Å². The van der Waals surface area contributed by atoms with Crippen molar-refractivity contribution in [3.8, 4) is 23.0 Å². The van der Waals surface area contributed by atoms with E-state index >= 15 is 0 Å². The molecule has 0 aromatic heterocycles. The summed E-state index contributed by atoms with van der Waals surface area (Å²) in [6.45, 7) is 2.00. The van der Waals surface area contributed by atoms with Crippen molar-refractivity contribution < 1.29 is 18.9 Å². The van der Waals surface area contributed by atoms with Crippen LogP contribution in [-0.4, -0.2) is 13.2 Å². The van der Waals surface area contributed by atoms with Gasteiger partial charge in [0.25, 0.3) is 0 Å². The first kappa shape index (κ1) is 21.3. The highest BCUT2D eigenvalue weighted by atomic mass is 16.5. The smallest absolute Gasteiger partial charge is 0.122 e. The molecule has 0 spiro atoms. The fourth-order valence-electron chi connectivity index (χ4n) is 3.07. The van der Waals surface area contributed by atoms with E-state index in [9.17, 15) is 0 Å². The molecule has 4 heteroatoms. The van der Waals surface area contributed by atoms with Gasteiger partial charge in [-0.15, -0.1) is 0 Å². The Bertz CT molecular complexity index is 957. The van der Waals surface area contributed by atoms with Crippen LogP contribution in [0.2, 0.25) is 0 Å². The molecule has 162 valence electrons. The Morgan fingerprint density at radius 3 is 1.00 bits per heavy atom. The Balaban J connectivity index is 1.14. The van der Waals surface area contributed by atoms with Crippen molar-refractivity contribution in [3.05, 3.63) is 120 Å². The minimum atomic E-state index is 0.455. The van der Waals surface area contributed by atoms with E-state index in [1.165, 1.54) is 0 Å². The summed E-state index contributed by atoms with van der Waals surface area (Å²) in [6, 6.07) is 35.4. The molecule has 0 heterocycles. The zero-order chi connectivity index (χ0) is 21.8. The molecular weight excluding hydrogens is 400 g/mol. The maximum atomic E-state index is 5.79. The molecule has 32 heavy (non-hydrogen) atoms. The second-order valence-corrected chi connectivity index (χ2v) is 7.19. The minimum absolute atomic E-state index is 0.455. The lowest BCUT2D eigenvalue weighted by atomic mass is 10.2. The lowest BCUT2D eigenvalue weighted by Crippen LogP contribution is -2.09. The Morgan fingerprint density at radius 2 is 0.656 bits per heavy atom. The summed E-state index contributed by atoms with van der Waals surface area (Å²) in [4.78, 5) is 0. The first-order valence-corrected chi connectivity index (χ1v) is 10.6. The zero-order valence-corrected chi connectivity index (χ0v) is 17.9. The number of ether oxygens (including phenoxy) is 4. The zero-order valence-electron chi connectivity index (χ0n) is 17.9. The molecule has 4 aromatic rings. The van der Waals surface area contributed by atoms with Gasteiger partial charge in [-0.2, -0.15) is 0 Å². The molecular formula is C28H26O4. The molecule has 0 aliphatic rings. The van der Waals surface area contributed by atoms with E-state index in [0.717, 1.165) is 34.1 Å². The van der Waals surface area contributed by atoms with Gasteiger partial charge in [-0.25, -0.2) is 0 Å². The van der Waals surface area contributed by atoms with Crippen LogP contribution < -0.4 is 18.9 Å². The van der Waals surface area contributed by atoms with Crippen LogP contribution in [0.5, 0.6) is 23.0 Å². The number of rotatable bonds is 11. The van der Waals surface area contributed by atoms with Crippen LogP contribution in [0.25, 0.3) is 0 Å². The van der Waals surface area contributed by atoms with Gasteiger partial charge in [0, 0.05) is 0 Å². The third kappa shape index (κ3) is 6.81. The standard InChI is InChI=1S/C28H26O4/c1-3-7-23(8-4-1)21-31-27-15-11-25(12-16-27)29-19-20-30-26-13-17-28(18-14-26)32-22-24-9-5-2-6-10-24/h1-18H,19-22H2. The summed E-state index contributed by atoms with van der Waals surface area (Å²) in [5, 5.41) is 0. The lowest BCUT2D eigenvalue weighted by molar-refractivity contribution is 0.216. The number of hydrogen-bond donors (Lipinski definition) is 0. The molecule has 0 amide bonds. The van der Waals surface area contributed by atoms with Crippen LogP contribution in [0.15, 0.2) is 109 Å². The molecule has 0 radical (unpaired) electrons. The molecule has 0 bridgehead atoms. The molecule has 0 fully saturated rings. The quantitative estimate of drug-likeness (QED) is 0.264. The predicted molar refractivity (Wildman–Crippen MR) is 125 cm³/mol. The molecule has 0 saturated carbocycles. The third-order valence-electron chi connectivity index (χ3n) is 4.76. The van der Waals surface area contributed by atoms with Crippen LogP contribution >= 0.6 is 0 Å². The summed E-state index contributed by atoms with van der Waals surface area (Å²) in [7, 11) is 0. The van der Waals surface area contributed by atoms with E-state index in [-0.39, 0.29) is 0 Å². The maximum Gasteiger partial charge on any atom is 0.122 e. The van der Waals surface area contributed by atoms with Crippen molar-refractivity contribution in [1.29, 1.82) is 0 Å². The highest BCUT2D eigenvalue weighted by molar-refractivity contribution is 5.32. The predicted octanol–water partition coefficient (Wildman–Crippen LogP) is 6.30. The molecule has 4 nitrogen and oxygen atoms in total. The summed E-state index contributed by atoms with van der Waals surface area (Å²) in [6.07, 6.45) is 0. The normalized spacial score (nSPS) is 10.4. The van der Waals surface area contributed by atoms with Gasteiger partial charge >= 0.3 is 0 Å². The highest BCUT2D eigenvalue weighted by Gasteiger charge is 2.00. The fourth-order valence-corrected chi connectivity index (χ4v) is 3.07. The van der Waals surface area contributed by atoms with E-state index in [4.69, 9.17) is 18.9 Å². The third-order valence-corrected chi connectivity index (χ3v) is 4.76. The van der Waals surface area contributed by atoms with Gasteiger partial charge in [0.15, 0.2) is 0 Å². The summed E-state index contributed by atoms with van der Waals surface area (Å²) >= 11 is 0. The van der Waals surface area contributed by atoms with Gasteiger partial charge in [-0.05, 0) is 59.7 Å². The van der Waals surface area contributed by atoms with Crippen molar-refractivity contribution in [1.82, 2.24) is 0 Å². The summed E-state index contributed by atoms with van der Waals surface area (Å²) < 4.78 is 23.1. The van der Waals surface area contributed by atoms with Gasteiger partial charge in [0.05, 0.1) is 0 Å². The van der Waals surface area contributed by atoms with Gasteiger partial charge in [0.1, 0.15) is 49.4 Å².